The van der Waals surface area contributed by atoms with E-state index in [1.165, 1.54) is 24.3 Å². The van der Waals surface area contributed by atoms with E-state index in [0.717, 1.165) is 0 Å². The first kappa shape index (κ1) is 12.3. The Morgan fingerprint density at radius 2 is 1.89 bits per heavy atom. The van der Waals surface area contributed by atoms with Gasteiger partial charge in [0.1, 0.15) is 5.82 Å². The van der Waals surface area contributed by atoms with Crippen LogP contribution in [0.15, 0.2) is 48.5 Å². The van der Waals surface area contributed by atoms with Gasteiger partial charge in [-0.05, 0) is 42.0 Å². The molecule has 0 unspecified atom stereocenters. The quantitative estimate of drug-likeness (QED) is 0.873. The van der Waals surface area contributed by atoms with Crippen LogP contribution in [-0.4, -0.2) is 11.0 Å². The molecule has 0 aliphatic rings. The molecule has 0 saturated carbocycles. The zero-order chi connectivity index (χ0) is 13.0. The van der Waals surface area contributed by atoms with Crippen LogP contribution in [0.4, 0.5) is 10.1 Å². The molecule has 2 aromatic carbocycles. The van der Waals surface area contributed by atoms with Gasteiger partial charge in [0.2, 0.25) is 0 Å². The summed E-state index contributed by atoms with van der Waals surface area (Å²) >= 11 is 0. The Kier molecular flexibility index (Phi) is 3.69. The van der Waals surface area contributed by atoms with Crippen LogP contribution in [-0.2, 0) is 6.61 Å². The molecule has 0 aliphatic carbocycles. The fraction of sp³-hybridized carbons (Fsp3) is 0.0714. The van der Waals surface area contributed by atoms with Crippen molar-refractivity contribution >= 4 is 11.6 Å². The van der Waals surface area contributed by atoms with Gasteiger partial charge in [-0.25, -0.2) is 4.39 Å². The highest BCUT2D eigenvalue weighted by Gasteiger charge is 2.06. The Labute approximate surface area is 104 Å². The number of amides is 1. The molecule has 1 amide bonds. The number of hydrogen-bond donors (Lipinski definition) is 2. The summed E-state index contributed by atoms with van der Waals surface area (Å²) in [6.45, 7) is -0.0831. The van der Waals surface area contributed by atoms with Crippen molar-refractivity contribution in [1.29, 1.82) is 0 Å². The molecule has 4 heteroatoms. The van der Waals surface area contributed by atoms with Crippen LogP contribution in [0.3, 0.4) is 0 Å². The Morgan fingerprint density at radius 1 is 1.17 bits per heavy atom. The first-order valence-electron chi connectivity index (χ1n) is 5.46. The highest BCUT2D eigenvalue weighted by molar-refractivity contribution is 6.04. The Bertz CT molecular complexity index is 552. The van der Waals surface area contributed by atoms with Crippen molar-refractivity contribution in [2.24, 2.45) is 0 Å². The third-order valence-electron chi connectivity index (χ3n) is 2.47. The third kappa shape index (κ3) is 2.93. The summed E-state index contributed by atoms with van der Waals surface area (Å²) in [7, 11) is 0. The minimum atomic E-state index is -0.381. The molecule has 18 heavy (non-hydrogen) atoms. The van der Waals surface area contributed by atoms with Crippen molar-refractivity contribution in [3.8, 4) is 0 Å². The van der Waals surface area contributed by atoms with Gasteiger partial charge in [-0.3, -0.25) is 4.79 Å². The second kappa shape index (κ2) is 5.42. The zero-order valence-electron chi connectivity index (χ0n) is 9.56. The van der Waals surface area contributed by atoms with Crippen LogP contribution in [0.1, 0.15) is 15.9 Å². The molecule has 3 nitrogen and oxygen atoms in total. The summed E-state index contributed by atoms with van der Waals surface area (Å²) in [5, 5.41) is 11.7. The average Bonchev–Trinajstić information content (AvgIpc) is 2.39. The van der Waals surface area contributed by atoms with Crippen molar-refractivity contribution in [3.63, 3.8) is 0 Å². The van der Waals surface area contributed by atoms with Crippen LogP contribution in [0.2, 0.25) is 0 Å². The Balaban J connectivity index is 2.13. The van der Waals surface area contributed by atoms with E-state index in [2.05, 4.69) is 5.32 Å². The minimum absolute atomic E-state index is 0.0831. The maximum atomic E-state index is 12.7. The van der Waals surface area contributed by atoms with Gasteiger partial charge in [0.15, 0.2) is 0 Å². The molecule has 2 rings (SSSR count). The number of benzene rings is 2. The normalized spacial score (nSPS) is 10.1. The standard InChI is InChI=1S/C14H12FNO2/c15-12-6-4-11(5-7-12)14(18)16-13-3-1-2-10(8-13)9-17/h1-8,17H,9H2,(H,16,18). The molecule has 2 aromatic rings. The molecule has 0 heterocycles. The van der Waals surface area contributed by atoms with Gasteiger partial charge in [-0.1, -0.05) is 12.1 Å². The van der Waals surface area contributed by atoms with Crippen LogP contribution in [0.25, 0.3) is 0 Å². The van der Waals surface area contributed by atoms with Crippen molar-refractivity contribution in [3.05, 3.63) is 65.5 Å². The Hall–Kier alpha value is -2.20. The van der Waals surface area contributed by atoms with Crippen LogP contribution in [0, 0.1) is 5.82 Å². The number of hydrogen-bond acceptors (Lipinski definition) is 2. The molecule has 0 radical (unpaired) electrons. The summed E-state index contributed by atoms with van der Waals surface area (Å²) in [4.78, 5) is 11.8. The molecule has 0 bridgehead atoms. The number of aliphatic hydroxyl groups excluding tert-OH is 1. The van der Waals surface area contributed by atoms with E-state index < -0.39 is 0 Å². The molecule has 2 N–H and O–H groups in total. The lowest BCUT2D eigenvalue weighted by atomic mass is 10.2. The lowest BCUT2D eigenvalue weighted by molar-refractivity contribution is 0.102. The summed E-state index contributed by atoms with van der Waals surface area (Å²) in [6.07, 6.45) is 0. The number of aliphatic hydroxyl groups is 1. The second-order valence-electron chi connectivity index (χ2n) is 3.82. The number of nitrogens with one attached hydrogen (secondary N) is 1. The van der Waals surface area contributed by atoms with Crippen molar-refractivity contribution in [2.45, 2.75) is 6.61 Å². The maximum absolute atomic E-state index is 12.7. The second-order valence-corrected chi connectivity index (χ2v) is 3.82. The van der Waals surface area contributed by atoms with E-state index in [1.807, 2.05) is 0 Å². The van der Waals surface area contributed by atoms with Crippen molar-refractivity contribution in [2.75, 3.05) is 5.32 Å². The van der Waals surface area contributed by atoms with Gasteiger partial charge in [0.05, 0.1) is 6.61 Å². The minimum Gasteiger partial charge on any atom is -0.392 e. The Morgan fingerprint density at radius 3 is 2.56 bits per heavy atom. The fourth-order valence-electron chi connectivity index (χ4n) is 1.55. The fourth-order valence-corrected chi connectivity index (χ4v) is 1.55. The summed E-state index contributed by atoms with van der Waals surface area (Å²) in [5.41, 5.74) is 1.69. The smallest absolute Gasteiger partial charge is 0.255 e. The topological polar surface area (TPSA) is 49.3 Å². The van der Waals surface area contributed by atoms with E-state index in [4.69, 9.17) is 5.11 Å². The monoisotopic (exact) mass is 245 g/mol. The van der Waals surface area contributed by atoms with Crippen molar-refractivity contribution in [1.82, 2.24) is 0 Å². The first-order valence-corrected chi connectivity index (χ1v) is 5.46. The van der Waals surface area contributed by atoms with E-state index in [9.17, 15) is 9.18 Å². The third-order valence-corrected chi connectivity index (χ3v) is 2.47. The molecule has 0 saturated heterocycles. The number of carbonyl (C=O) groups is 1. The number of rotatable bonds is 3. The molecule has 0 fully saturated rings. The summed E-state index contributed by atoms with van der Waals surface area (Å²) in [5.74, 6) is -0.695. The highest BCUT2D eigenvalue weighted by Crippen LogP contribution is 2.12. The van der Waals surface area contributed by atoms with Gasteiger partial charge >= 0.3 is 0 Å². The van der Waals surface area contributed by atoms with Crippen LogP contribution >= 0.6 is 0 Å². The molecular weight excluding hydrogens is 233 g/mol. The maximum Gasteiger partial charge on any atom is 0.255 e. The van der Waals surface area contributed by atoms with Gasteiger partial charge in [0.25, 0.3) is 5.91 Å². The van der Waals surface area contributed by atoms with Crippen molar-refractivity contribution < 1.29 is 14.3 Å². The van der Waals surface area contributed by atoms with Gasteiger partial charge in [-0.2, -0.15) is 0 Å². The van der Waals surface area contributed by atoms with E-state index >= 15 is 0 Å². The van der Waals surface area contributed by atoms with Gasteiger partial charge in [-0.15, -0.1) is 0 Å². The molecule has 0 aliphatic heterocycles. The van der Waals surface area contributed by atoms with E-state index in [1.54, 1.807) is 24.3 Å². The molecule has 0 spiro atoms. The lowest BCUT2D eigenvalue weighted by Gasteiger charge is -2.06. The largest absolute Gasteiger partial charge is 0.392 e. The predicted octanol–water partition coefficient (Wildman–Crippen LogP) is 2.57. The number of anilines is 1. The average molecular weight is 245 g/mol. The first-order chi connectivity index (χ1) is 8.69. The molecule has 0 atom stereocenters. The summed E-state index contributed by atoms with van der Waals surface area (Å²) in [6, 6.07) is 12.2. The van der Waals surface area contributed by atoms with E-state index in [0.29, 0.717) is 16.8 Å². The molecular formula is C14H12FNO2. The summed E-state index contributed by atoms with van der Waals surface area (Å²) < 4.78 is 12.7. The number of carbonyl (C=O) groups excluding carboxylic acids is 1. The van der Waals surface area contributed by atoms with E-state index in [-0.39, 0.29) is 18.3 Å². The predicted molar refractivity (Wildman–Crippen MR) is 66.7 cm³/mol. The highest BCUT2D eigenvalue weighted by atomic mass is 19.1. The molecule has 0 aromatic heterocycles. The van der Waals surface area contributed by atoms with Gasteiger partial charge < -0.3 is 10.4 Å². The van der Waals surface area contributed by atoms with Crippen LogP contribution < -0.4 is 5.32 Å². The zero-order valence-corrected chi connectivity index (χ0v) is 9.56. The molecule has 92 valence electrons. The van der Waals surface area contributed by atoms with Crippen LogP contribution in [0.5, 0.6) is 0 Å². The lowest BCUT2D eigenvalue weighted by Crippen LogP contribution is -2.11. The number of halogens is 1. The van der Waals surface area contributed by atoms with Gasteiger partial charge in [0, 0.05) is 11.3 Å². The SMILES string of the molecule is O=C(Nc1cccc(CO)c1)c1ccc(F)cc1.